The normalized spacial score (nSPS) is 10.8. The van der Waals surface area contributed by atoms with Crippen molar-refractivity contribution in [3.8, 4) is 5.69 Å². The van der Waals surface area contributed by atoms with Gasteiger partial charge in [0.25, 0.3) is 0 Å². The summed E-state index contributed by atoms with van der Waals surface area (Å²) >= 11 is 5.77. The van der Waals surface area contributed by atoms with Crippen molar-refractivity contribution in [1.82, 2.24) is 9.78 Å². The van der Waals surface area contributed by atoms with Crippen molar-refractivity contribution >= 4 is 35.6 Å². The molecule has 0 aliphatic carbocycles. The number of methoxy groups -OCH3 is 1. The van der Waals surface area contributed by atoms with Gasteiger partial charge in [-0.1, -0.05) is 16.8 Å². The Labute approximate surface area is 173 Å². The maximum Gasteiger partial charge on any atom is 0.437 e. The molecule has 0 unspecified atom stereocenters. The zero-order valence-corrected chi connectivity index (χ0v) is 16.1. The number of amides is 1. The number of ether oxygens (including phenoxy) is 1. The largest absolute Gasteiger partial charge is 0.465 e. The number of esters is 1. The van der Waals surface area contributed by atoms with Crippen molar-refractivity contribution in [2.75, 3.05) is 12.4 Å². The van der Waals surface area contributed by atoms with Gasteiger partial charge in [-0.25, -0.2) is 23.1 Å². The van der Waals surface area contributed by atoms with Gasteiger partial charge in [-0.2, -0.15) is 5.10 Å². The van der Waals surface area contributed by atoms with E-state index in [9.17, 15) is 18.4 Å². The molecule has 0 fully saturated rings. The molecule has 0 spiro atoms. The number of carbonyl (C=O) groups is 2. The molecule has 0 atom stereocenters. The van der Waals surface area contributed by atoms with Crippen molar-refractivity contribution in [3.05, 3.63) is 76.6 Å². The van der Waals surface area contributed by atoms with Gasteiger partial charge in [0.2, 0.25) is 0 Å². The van der Waals surface area contributed by atoms with Crippen LogP contribution >= 0.6 is 11.6 Å². The van der Waals surface area contributed by atoms with Gasteiger partial charge in [0.15, 0.2) is 5.82 Å². The monoisotopic (exact) mass is 434 g/mol. The molecule has 0 aliphatic heterocycles. The first-order chi connectivity index (χ1) is 14.4. The Morgan fingerprint density at radius 3 is 2.60 bits per heavy atom. The van der Waals surface area contributed by atoms with E-state index in [1.165, 1.54) is 0 Å². The topological polar surface area (TPSA) is 94.8 Å². The van der Waals surface area contributed by atoms with Gasteiger partial charge in [0.1, 0.15) is 22.8 Å². The summed E-state index contributed by atoms with van der Waals surface area (Å²) in [6, 6.07) is 9.05. The zero-order valence-electron chi connectivity index (χ0n) is 15.3. The molecule has 2 aromatic carbocycles. The average molecular weight is 435 g/mol. The zero-order chi connectivity index (χ0) is 21.7. The molecule has 8 nitrogen and oxygen atoms in total. The van der Waals surface area contributed by atoms with Gasteiger partial charge >= 0.3 is 12.1 Å². The highest BCUT2D eigenvalue weighted by molar-refractivity contribution is 6.30. The van der Waals surface area contributed by atoms with E-state index in [0.717, 1.165) is 36.3 Å². The summed E-state index contributed by atoms with van der Waals surface area (Å²) in [6.45, 7) is 0. The fourth-order valence-electron chi connectivity index (χ4n) is 2.39. The van der Waals surface area contributed by atoms with Crippen molar-refractivity contribution in [2.24, 2.45) is 5.16 Å². The summed E-state index contributed by atoms with van der Waals surface area (Å²) < 4.78 is 33.0. The number of nitrogens with zero attached hydrogens (tertiary/aromatic N) is 3. The summed E-state index contributed by atoms with van der Waals surface area (Å²) in [5.41, 5.74) is 0.130. The van der Waals surface area contributed by atoms with Crippen LogP contribution in [0.5, 0.6) is 0 Å². The predicted octanol–water partition coefficient (Wildman–Crippen LogP) is 4.17. The molecule has 0 bridgehead atoms. The number of oxime groups is 1. The van der Waals surface area contributed by atoms with Gasteiger partial charge in [-0.3, -0.25) is 10.2 Å². The smallest absolute Gasteiger partial charge is 0.437 e. The molecule has 11 heteroatoms. The van der Waals surface area contributed by atoms with Crippen LogP contribution in [-0.2, 0) is 9.57 Å². The molecule has 3 rings (SSSR count). The Kier molecular flexibility index (Phi) is 6.38. The van der Waals surface area contributed by atoms with Gasteiger partial charge < -0.3 is 4.74 Å². The highest BCUT2D eigenvalue weighted by atomic mass is 35.5. The van der Waals surface area contributed by atoms with Crippen LogP contribution < -0.4 is 5.32 Å². The number of anilines is 1. The third-order valence-electron chi connectivity index (χ3n) is 3.75. The first kappa shape index (κ1) is 20.9. The number of aromatic nitrogens is 2. The minimum absolute atomic E-state index is 0.0494. The lowest BCUT2D eigenvalue weighted by molar-refractivity contribution is 0.0600. The van der Waals surface area contributed by atoms with Crippen molar-refractivity contribution in [1.29, 1.82) is 0 Å². The van der Waals surface area contributed by atoms with Gasteiger partial charge in [0, 0.05) is 16.8 Å². The standard InChI is InChI=1S/C19H13ClF2N4O4/c1-29-18(27)14-9-23-26(16-7-4-12(21)8-15(16)22)17(14)10-24-30-19(28)25-13-5-2-11(20)3-6-13/h2-10H,1H3,(H,25,28)/b24-10-. The van der Waals surface area contributed by atoms with E-state index in [-0.39, 0.29) is 16.9 Å². The molecule has 1 amide bonds. The van der Waals surface area contributed by atoms with E-state index in [2.05, 4.69) is 20.3 Å². The minimum atomic E-state index is -0.925. The highest BCUT2D eigenvalue weighted by Gasteiger charge is 2.20. The second kappa shape index (κ2) is 9.14. The highest BCUT2D eigenvalue weighted by Crippen LogP contribution is 2.19. The van der Waals surface area contributed by atoms with E-state index in [0.29, 0.717) is 16.8 Å². The summed E-state index contributed by atoms with van der Waals surface area (Å²) in [4.78, 5) is 28.5. The quantitative estimate of drug-likeness (QED) is 0.281. The average Bonchev–Trinajstić information content (AvgIpc) is 3.12. The molecule has 30 heavy (non-hydrogen) atoms. The summed E-state index contributed by atoms with van der Waals surface area (Å²) in [7, 11) is 1.15. The Morgan fingerprint density at radius 1 is 1.20 bits per heavy atom. The first-order valence-corrected chi connectivity index (χ1v) is 8.65. The van der Waals surface area contributed by atoms with Gasteiger partial charge in [0.05, 0.1) is 19.5 Å². The number of rotatable bonds is 5. The Bertz CT molecular complexity index is 1120. The van der Waals surface area contributed by atoms with Crippen LogP contribution in [0, 0.1) is 11.6 Å². The van der Waals surface area contributed by atoms with Crippen molar-refractivity contribution in [2.45, 2.75) is 0 Å². The Balaban J connectivity index is 1.84. The van der Waals surface area contributed by atoms with Crippen LogP contribution in [0.25, 0.3) is 5.69 Å². The maximum absolute atomic E-state index is 14.2. The lowest BCUT2D eigenvalue weighted by Gasteiger charge is -2.07. The number of hydrogen-bond donors (Lipinski definition) is 1. The molecule has 3 aromatic rings. The second-order valence-electron chi connectivity index (χ2n) is 5.69. The number of benzene rings is 2. The number of nitrogens with one attached hydrogen (secondary N) is 1. The van der Waals surface area contributed by atoms with Crippen LogP contribution in [0.3, 0.4) is 0 Å². The molecule has 1 N–H and O–H groups in total. The molecule has 1 aromatic heterocycles. The lowest BCUT2D eigenvalue weighted by atomic mass is 10.2. The maximum atomic E-state index is 14.2. The molecule has 154 valence electrons. The molecular weight excluding hydrogens is 422 g/mol. The third kappa shape index (κ3) is 4.78. The second-order valence-corrected chi connectivity index (χ2v) is 6.12. The van der Waals surface area contributed by atoms with Crippen molar-refractivity contribution < 1.29 is 27.9 Å². The van der Waals surface area contributed by atoms with Crippen LogP contribution in [0.2, 0.25) is 5.02 Å². The van der Waals surface area contributed by atoms with Crippen molar-refractivity contribution in [3.63, 3.8) is 0 Å². The molecule has 0 saturated carbocycles. The number of hydrogen-bond acceptors (Lipinski definition) is 6. The van der Waals surface area contributed by atoms with E-state index in [1.54, 1.807) is 24.3 Å². The van der Waals surface area contributed by atoms with Gasteiger partial charge in [-0.05, 0) is 36.4 Å². The molecule has 0 radical (unpaired) electrons. The predicted molar refractivity (Wildman–Crippen MR) is 104 cm³/mol. The summed E-state index contributed by atoms with van der Waals surface area (Å²) in [5, 5.41) is 10.3. The molecular formula is C19H13ClF2N4O4. The SMILES string of the molecule is COC(=O)c1cnn(-c2ccc(F)cc2F)c1/C=N\OC(=O)Nc1ccc(Cl)cc1. The molecule has 0 aliphatic rings. The van der Waals surface area contributed by atoms with Gasteiger partial charge in [-0.15, -0.1) is 0 Å². The van der Waals surface area contributed by atoms with Crippen LogP contribution in [0.15, 0.2) is 53.8 Å². The molecule has 0 saturated heterocycles. The third-order valence-corrected chi connectivity index (χ3v) is 4.00. The summed E-state index contributed by atoms with van der Waals surface area (Å²) in [5.74, 6) is -2.49. The minimum Gasteiger partial charge on any atom is -0.465 e. The number of carbonyl (C=O) groups excluding carboxylic acids is 2. The van der Waals surface area contributed by atoms with E-state index in [4.69, 9.17) is 16.4 Å². The van der Waals surface area contributed by atoms with E-state index < -0.39 is 23.7 Å². The first-order valence-electron chi connectivity index (χ1n) is 8.27. The van der Waals surface area contributed by atoms with E-state index >= 15 is 0 Å². The Morgan fingerprint density at radius 2 is 1.93 bits per heavy atom. The molecule has 1 heterocycles. The summed E-state index contributed by atoms with van der Waals surface area (Å²) in [6.07, 6.45) is 1.17. The van der Waals surface area contributed by atoms with Crippen LogP contribution in [0.4, 0.5) is 19.3 Å². The lowest BCUT2D eigenvalue weighted by Crippen LogP contribution is -2.12. The van der Waals surface area contributed by atoms with Crippen LogP contribution in [0.1, 0.15) is 16.1 Å². The Hall–Kier alpha value is -3.79. The number of halogens is 3. The van der Waals surface area contributed by atoms with E-state index in [1.807, 2.05) is 0 Å². The fourth-order valence-corrected chi connectivity index (χ4v) is 2.52. The fraction of sp³-hybridized carbons (Fsp3) is 0.0526. The van der Waals surface area contributed by atoms with Crippen LogP contribution in [-0.4, -0.2) is 35.2 Å².